The van der Waals surface area contributed by atoms with Gasteiger partial charge in [-0.3, -0.25) is 9.11 Å². The Hall–Kier alpha value is -1.80. The first kappa shape index (κ1) is 51.6. The SMILES string of the molecule is CC(O)CO.O=S(=O)(O)CCC(F)(F)C(F)(F)C(F)(C(F)(F)F)C(F)(F)F.O=S(=O)(O)CCC(F)(F)C(F)(F)C(F)(C(F)(F)F)C(F)(F)F. The molecule has 1 unspecified atom stereocenters. The van der Waals surface area contributed by atoms with E-state index < -0.39 is 110 Å². The fraction of sp³-hybridized carbons (Fsp3) is 1.00. The molecule has 0 fully saturated rings. The van der Waals surface area contributed by atoms with Crippen molar-refractivity contribution in [2.24, 2.45) is 0 Å². The summed E-state index contributed by atoms with van der Waals surface area (Å²) in [5.74, 6) is -32.2. The van der Waals surface area contributed by atoms with Gasteiger partial charge in [-0.2, -0.15) is 105 Å². The van der Waals surface area contributed by atoms with Gasteiger partial charge in [0, 0.05) is 12.8 Å². The zero-order chi connectivity index (χ0) is 41.1. The van der Waals surface area contributed by atoms with Crippen molar-refractivity contribution in [1.29, 1.82) is 0 Å². The number of hydrogen-bond donors (Lipinski definition) is 4. The number of aliphatic hydroxyl groups is 2. The smallest absolute Gasteiger partial charge is 0.394 e. The van der Waals surface area contributed by atoms with Crippen molar-refractivity contribution in [1.82, 2.24) is 0 Å². The maximum atomic E-state index is 13.0. The van der Waals surface area contributed by atoms with Crippen LogP contribution in [0.4, 0.5) is 96.6 Å². The van der Waals surface area contributed by atoms with E-state index in [0.717, 1.165) is 0 Å². The zero-order valence-electron chi connectivity index (χ0n) is 22.7. The van der Waals surface area contributed by atoms with Gasteiger partial charge in [0.25, 0.3) is 20.2 Å². The first-order valence-electron chi connectivity index (χ1n) is 11.0. The van der Waals surface area contributed by atoms with Gasteiger partial charge >= 0.3 is 59.7 Å². The lowest BCUT2D eigenvalue weighted by Crippen LogP contribution is -2.70. The lowest BCUT2D eigenvalue weighted by Gasteiger charge is -2.39. The summed E-state index contributed by atoms with van der Waals surface area (Å²) in [4.78, 5) is 0. The minimum atomic E-state index is -7.63. The fourth-order valence-electron chi connectivity index (χ4n) is 2.37. The standard InChI is InChI=1S/2C7H5F11O3S.C3H8O2/c2*8-3(9,1-2-22(19,20)21)5(11,12)4(10,6(13,14)15)7(16,17)18;1-3(5)2-4/h2*1-2H2,(H,19,20,21);3-5H,2H2,1H3. The number of aliphatic hydroxyl groups excluding tert-OH is 2. The van der Waals surface area contributed by atoms with Crippen molar-refractivity contribution in [2.45, 2.75) is 85.6 Å². The number of hydrogen-bond acceptors (Lipinski definition) is 6. The van der Waals surface area contributed by atoms with Crippen LogP contribution in [0.3, 0.4) is 0 Å². The van der Waals surface area contributed by atoms with Gasteiger partial charge in [0.15, 0.2) is 0 Å². The van der Waals surface area contributed by atoms with Crippen LogP contribution in [0.2, 0.25) is 0 Å². The zero-order valence-corrected chi connectivity index (χ0v) is 24.3. The fourth-order valence-corrected chi connectivity index (χ4v) is 3.39. The number of halogens is 22. The monoisotopic (exact) mass is 832 g/mol. The molecule has 8 nitrogen and oxygen atoms in total. The third kappa shape index (κ3) is 12.1. The molecule has 300 valence electrons. The Morgan fingerprint density at radius 1 is 0.469 bits per heavy atom. The second-order valence-corrected chi connectivity index (χ2v) is 12.1. The molecule has 0 saturated heterocycles. The molecule has 0 spiro atoms. The van der Waals surface area contributed by atoms with Gasteiger partial charge < -0.3 is 10.2 Å². The van der Waals surface area contributed by atoms with E-state index in [1.165, 1.54) is 6.92 Å². The molecule has 49 heavy (non-hydrogen) atoms. The number of alkyl halides is 22. The van der Waals surface area contributed by atoms with Crippen molar-refractivity contribution >= 4 is 20.2 Å². The molecule has 0 aliphatic heterocycles. The lowest BCUT2D eigenvalue weighted by molar-refractivity contribution is -0.427. The molecular formula is C17H18F22O8S2. The summed E-state index contributed by atoms with van der Waals surface area (Å²) in [6, 6.07) is 0. The number of rotatable bonds is 11. The van der Waals surface area contributed by atoms with E-state index in [9.17, 15) is 113 Å². The second-order valence-electron chi connectivity index (χ2n) is 8.97. The molecule has 1 atom stereocenters. The molecule has 4 N–H and O–H groups in total. The van der Waals surface area contributed by atoms with Crippen molar-refractivity contribution < 1.29 is 133 Å². The van der Waals surface area contributed by atoms with Crippen molar-refractivity contribution in [3.05, 3.63) is 0 Å². The third-order valence-corrected chi connectivity index (χ3v) is 6.40. The Morgan fingerprint density at radius 3 is 0.735 bits per heavy atom. The van der Waals surface area contributed by atoms with Gasteiger partial charge in [-0.1, -0.05) is 0 Å². The summed E-state index contributed by atoms with van der Waals surface area (Å²) < 4.78 is 330. The van der Waals surface area contributed by atoms with Gasteiger partial charge in [-0.05, 0) is 6.92 Å². The van der Waals surface area contributed by atoms with E-state index in [2.05, 4.69) is 0 Å². The van der Waals surface area contributed by atoms with E-state index in [4.69, 9.17) is 19.3 Å². The van der Waals surface area contributed by atoms with Gasteiger partial charge in [-0.15, -0.1) is 0 Å². The average molecular weight is 832 g/mol. The first-order chi connectivity index (χ1) is 20.7. The quantitative estimate of drug-likeness (QED) is 0.144. The van der Waals surface area contributed by atoms with Crippen molar-refractivity contribution in [2.75, 3.05) is 18.1 Å². The van der Waals surface area contributed by atoms with Crippen molar-refractivity contribution in [3.63, 3.8) is 0 Å². The van der Waals surface area contributed by atoms with Gasteiger partial charge in [0.2, 0.25) is 0 Å². The summed E-state index contributed by atoms with van der Waals surface area (Å²) in [7, 11) is -10.9. The van der Waals surface area contributed by atoms with Crippen LogP contribution in [-0.2, 0) is 20.2 Å². The predicted octanol–water partition coefficient (Wildman–Crippen LogP) is 6.10. The second kappa shape index (κ2) is 15.4. The highest BCUT2D eigenvalue weighted by Crippen LogP contribution is 2.61. The predicted molar refractivity (Wildman–Crippen MR) is 113 cm³/mol. The highest BCUT2D eigenvalue weighted by atomic mass is 32.2. The van der Waals surface area contributed by atoms with Crippen LogP contribution in [0.15, 0.2) is 0 Å². The van der Waals surface area contributed by atoms with Crippen LogP contribution in [0, 0.1) is 0 Å². The summed E-state index contributed by atoms with van der Waals surface area (Å²) in [6.07, 6.45) is -36.2. The third-order valence-electron chi connectivity index (χ3n) is 4.96. The maximum Gasteiger partial charge on any atom is 0.438 e. The highest BCUT2D eigenvalue weighted by molar-refractivity contribution is 7.86. The normalized spacial score (nSPS) is 15.9. The molecule has 0 aromatic carbocycles. The largest absolute Gasteiger partial charge is 0.438 e. The molecular weight excluding hydrogens is 814 g/mol. The Bertz CT molecular complexity index is 1140. The van der Waals surface area contributed by atoms with Crippen LogP contribution in [0.5, 0.6) is 0 Å². The summed E-state index contributed by atoms with van der Waals surface area (Å²) in [6.45, 7) is 1.39. The average Bonchev–Trinajstić information content (AvgIpc) is 2.82. The molecule has 0 rings (SSSR count). The Balaban J connectivity index is -0.000000757. The minimum Gasteiger partial charge on any atom is -0.394 e. The van der Waals surface area contributed by atoms with E-state index in [-0.39, 0.29) is 6.61 Å². The van der Waals surface area contributed by atoms with Gasteiger partial charge in [0.05, 0.1) is 24.2 Å². The first-order valence-corrected chi connectivity index (χ1v) is 14.3. The topological polar surface area (TPSA) is 149 Å². The van der Waals surface area contributed by atoms with Crippen LogP contribution in [0.1, 0.15) is 19.8 Å². The molecule has 0 amide bonds. The van der Waals surface area contributed by atoms with Crippen LogP contribution in [-0.4, -0.2) is 120 Å². The molecule has 0 aromatic heterocycles. The molecule has 0 saturated carbocycles. The maximum absolute atomic E-state index is 13.0. The Morgan fingerprint density at radius 2 is 0.633 bits per heavy atom. The molecule has 0 bridgehead atoms. The van der Waals surface area contributed by atoms with E-state index in [1.54, 1.807) is 0 Å². The molecule has 32 heteroatoms. The van der Waals surface area contributed by atoms with Gasteiger partial charge in [-0.25, -0.2) is 8.78 Å². The highest BCUT2D eigenvalue weighted by Gasteiger charge is 2.91. The minimum absolute atomic E-state index is 0.139. The molecule has 0 aliphatic rings. The van der Waals surface area contributed by atoms with E-state index in [0.29, 0.717) is 0 Å². The lowest BCUT2D eigenvalue weighted by atomic mass is 9.89. The molecule has 0 aromatic rings. The Kier molecular flexibility index (Phi) is 16.2. The molecule has 0 heterocycles. The van der Waals surface area contributed by atoms with E-state index >= 15 is 0 Å². The van der Waals surface area contributed by atoms with E-state index in [1.807, 2.05) is 0 Å². The van der Waals surface area contributed by atoms with Crippen molar-refractivity contribution in [3.8, 4) is 0 Å². The molecule has 0 radical (unpaired) electrons. The summed E-state index contributed by atoms with van der Waals surface area (Å²) in [5, 5.41) is 16.0. The van der Waals surface area contributed by atoms with Crippen LogP contribution < -0.4 is 0 Å². The summed E-state index contributed by atoms with van der Waals surface area (Å²) >= 11 is 0. The van der Waals surface area contributed by atoms with Gasteiger partial charge in [0.1, 0.15) is 0 Å². The van der Waals surface area contributed by atoms with Crippen LogP contribution >= 0.6 is 0 Å². The summed E-state index contributed by atoms with van der Waals surface area (Å²) in [5.41, 5.74) is -15.3. The Labute approximate surface area is 257 Å². The van der Waals surface area contributed by atoms with Crippen LogP contribution in [0.25, 0.3) is 0 Å². The molecule has 0 aliphatic carbocycles.